The summed E-state index contributed by atoms with van der Waals surface area (Å²) in [6, 6.07) is 0. The lowest BCUT2D eigenvalue weighted by Gasteiger charge is -1.90. The fourth-order valence-corrected chi connectivity index (χ4v) is 1.14. The quantitative estimate of drug-likeness (QED) is 0.629. The Morgan fingerprint density at radius 2 is 2.08 bits per heavy atom. The molecule has 0 aromatic carbocycles. The van der Waals surface area contributed by atoms with Crippen molar-refractivity contribution in [2.24, 2.45) is 4.99 Å². The van der Waals surface area contributed by atoms with Gasteiger partial charge in [0.2, 0.25) is 0 Å². The maximum atomic E-state index is 10.3. The van der Waals surface area contributed by atoms with E-state index >= 15 is 0 Å². The van der Waals surface area contributed by atoms with Gasteiger partial charge in [0.05, 0.1) is 6.42 Å². The predicted molar refractivity (Wildman–Crippen MR) is 44.6 cm³/mol. The Balaban J connectivity index is 2.63. The molecule has 0 aromatic heterocycles. The second-order valence-corrected chi connectivity index (χ2v) is 2.72. The average Bonchev–Trinajstić information content (AvgIpc) is 2.33. The highest BCUT2D eigenvalue weighted by Crippen LogP contribution is 2.18. The van der Waals surface area contributed by atoms with Gasteiger partial charge in [-0.2, -0.15) is 0 Å². The van der Waals surface area contributed by atoms with Gasteiger partial charge in [0.15, 0.2) is 0 Å². The van der Waals surface area contributed by atoms with E-state index < -0.39 is 11.9 Å². The van der Waals surface area contributed by atoms with Gasteiger partial charge in [0.25, 0.3) is 0 Å². The van der Waals surface area contributed by atoms with E-state index in [1.807, 2.05) is 0 Å². The molecule has 2 N–H and O–H groups in total. The molecule has 5 nitrogen and oxygen atoms in total. The first-order chi connectivity index (χ1) is 6.08. The highest BCUT2D eigenvalue weighted by atomic mass is 16.4. The minimum absolute atomic E-state index is 0.100. The Morgan fingerprint density at radius 3 is 2.62 bits per heavy atom. The zero-order valence-corrected chi connectivity index (χ0v) is 6.86. The number of rotatable bonds is 3. The number of hydrogen-bond donors (Lipinski definition) is 2. The molecule has 5 heteroatoms. The molecule has 0 radical (unpaired) electrons. The summed E-state index contributed by atoms with van der Waals surface area (Å²) >= 11 is 0. The van der Waals surface area contributed by atoms with Crippen LogP contribution in [0.5, 0.6) is 0 Å². The van der Waals surface area contributed by atoms with Crippen LogP contribution in [0.4, 0.5) is 0 Å². The van der Waals surface area contributed by atoms with E-state index in [9.17, 15) is 9.59 Å². The van der Waals surface area contributed by atoms with Gasteiger partial charge in [-0.3, -0.25) is 9.79 Å². The molecule has 1 aliphatic heterocycles. The van der Waals surface area contributed by atoms with Crippen LogP contribution in [-0.2, 0) is 9.59 Å². The highest BCUT2D eigenvalue weighted by Gasteiger charge is 2.14. The third kappa shape index (κ3) is 3.06. The van der Waals surface area contributed by atoms with Crippen LogP contribution in [-0.4, -0.2) is 27.9 Å². The maximum Gasteiger partial charge on any atom is 0.330 e. The van der Waals surface area contributed by atoms with E-state index in [-0.39, 0.29) is 6.42 Å². The van der Waals surface area contributed by atoms with E-state index in [1.165, 1.54) is 0 Å². The minimum atomic E-state index is -1.05. The molecule has 0 saturated carbocycles. The van der Waals surface area contributed by atoms with Crippen LogP contribution in [0.2, 0.25) is 0 Å². The number of hydrogen-bond acceptors (Lipinski definition) is 3. The number of aliphatic carboxylic acids is 2. The molecule has 0 spiro atoms. The molecule has 0 aliphatic carbocycles. The van der Waals surface area contributed by atoms with Crippen molar-refractivity contribution in [2.45, 2.75) is 19.3 Å². The average molecular weight is 183 g/mol. The van der Waals surface area contributed by atoms with Gasteiger partial charge >= 0.3 is 11.9 Å². The van der Waals surface area contributed by atoms with E-state index in [2.05, 4.69) is 4.99 Å². The van der Waals surface area contributed by atoms with Gasteiger partial charge in [-0.05, 0) is 12.8 Å². The maximum absolute atomic E-state index is 10.3. The summed E-state index contributed by atoms with van der Waals surface area (Å²) in [6.45, 7) is 0. The first-order valence-corrected chi connectivity index (χ1v) is 3.79. The number of carboxylic acids is 2. The normalized spacial score (nSPS) is 18.8. The molecule has 70 valence electrons. The summed E-state index contributed by atoms with van der Waals surface area (Å²) in [4.78, 5) is 24.4. The molecule has 13 heavy (non-hydrogen) atoms. The van der Waals surface area contributed by atoms with E-state index in [4.69, 9.17) is 10.2 Å². The van der Waals surface area contributed by atoms with Gasteiger partial charge in [-0.1, -0.05) is 0 Å². The second-order valence-electron chi connectivity index (χ2n) is 2.72. The van der Waals surface area contributed by atoms with E-state index in [0.29, 0.717) is 24.3 Å². The Morgan fingerprint density at radius 1 is 1.38 bits per heavy atom. The summed E-state index contributed by atoms with van der Waals surface area (Å²) in [7, 11) is 0. The summed E-state index contributed by atoms with van der Waals surface area (Å²) < 4.78 is 0. The van der Waals surface area contributed by atoms with Crippen molar-refractivity contribution in [3.63, 3.8) is 0 Å². The lowest BCUT2D eigenvalue weighted by atomic mass is 10.2. The molecule has 0 aromatic rings. The first kappa shape index (κ1) is 9.44. The lowest BCUT2D eigenvalue weighted by Crippen LogP contribution is -2.03. The van der Waals surface area contributed by atoms with Crippen LogP contribution < -0.4 is 0 Å². The zero-order valence-electron chi connectivity index (χ0n) is 6.86. The third-order valence-electron chi connectivity index (χ3n) is 1.62. The standard InChI is InChI=1S/C8H9NO4/c10-7(11)3-5-1-2-6(9-5)4-8(12)13/h3H,1-2,4H2,(H,10,11)(H,12,13). The van der Waals surface area contributed by atoms with Crippen LogP contribution in [0.25, 0.3) is 0 Å². The number of nitrogens with zero attached hydrogens (tertiary/aromatic N) is 1. The van der Waals surface area contributed by atoms with Crippen LogP contribution in [0.15, 0.2) is 16.8 Å². The number of carbonyl (C=O) groups is 2. The molecule has 1 heterocycles. The van der Waals surface area contributed by atoms with Crippen molar-refractivity contribution in [1.29, 1.82) is 0 Å². The first-order valence-electron chi connectivity index (χ1n) is 3.79. The van der Waals surface area contributed by atoms with Crippen LogP contribution in [0, 0.1) is 0 Å². The van der Waals surface area contributed by atoms with E-state index in [1.54, 1.807) is 0 Å². The summed E-state index contributed by atoms with van der Waals surface area (Å²) in [5.74, 6) is -1.98. The smallest absolute Gasteiger partial charge is 0.330 e. The molecule has 0 fully saturated rings. The molecule has 0 unspecified atom stereocenters. The minimum Gasteiger partial charge on any atom is -0.481 e. The Hall–Kier alpha value is -1.65. The number of aliphatic imine (C=N–C) groups is 1. The van der Waals surface area contributed by atoms with Crippen molar-refractivity contribution >= 4 is 17.7 Å². The summed E-state index contributed by atoms with van der Waals surface area (Å²) in [5, 5.41) is 16.8. The van der Waals surface area contributed by atoms with Crippen LogP contribution in [0.1, 0.15) is 19.3 Å². The number of allylic oxidation sites excluding steroid dienone is 1. The van der Waals surface area contributed by atoms with Crippen molar-refractivity contribution < 1.29 is 19.8 Å². The van der Waals surface area contributed by atoms with E-state index in [0.717, 1.165) is 6.08 Å². The van der Waals surface area contributed by atoms with Crippen LogP contribution in [0.3, 0.4) is 0 Å². The molecule has 1 aliphatic rings. The fraction of sp³-hybridized carbons (Fsp3) is 0.375. The Labute approximate surface area is 74.4 Å². The van der Waals surface area contributed by atoms with Gasteiger partial charge in [0, 0.05) is 17.5 Å². The zero-order chi connectivity index (χ0) is 9.84. The molecule has 0 atom stereocenters. The fourth-order valence-electron chi connectivity index (χ4n) is 1.14. The molecular formula is C8H9NO4. The Bertz CT molecular complexity index is 303. The predicted octanol–water partition coefficient (Wildman–Crippen LogP) is 0.664. The summed E-state index contributed by atoms with van der Waals surface area (Å²) in [5.41, 5.74) is 0.990. The number of carboxylic acid groups (broad SMARTS) is 2. The monoisotopic (exact) mass is 183 g/mol. The van der Waals surface area contributed by atoms with Crippen LogP contribution >= 0.6 is 0 Å². The highest BCUT2D eigenvalue weighted by molar-refractivity contribution is 6.00. The largest absolute Gasteiger partial charge is 0.481 e. The van der Waals surface area contributed by atoms with Gasteiger partial charge in [0.1, 0.15) is 0 Å². The Kier molecular flexibility index (Phi) is 2.79. The van der Waals surface area contributed by atoms with Gasteiger partial charge in [-0.25, -0.2) is 4.79 Å². The van der Waals surface area contributed by atoms with Crippen molar-refractivity contribution in [3.05, 3.63) is 11.8 Å². The molecular weight excluding hydrogens is 174 g/mol. The lowest BCUT2D eigenvalue weighted by molar-refractivity contribution is -0.135. The molecule has 0 saturated heterocycles. The van der Waals surface area contributed by atoms with Crippen molar-refractivity contribution in [1.82, 2.24) is 0 Å². The molecule has 1 rings (SSSR count). The molecule has 0 bridgehead atoms. The van der Waals surface area contributed by atoms with Gasteiger partial charge < -0.3 is 10.2 Å². The van der Waals surface area contributed by atoms with Crippen molar-refractivity contribution in [3.8, 4) is 0 Å². The SMILES string of the molecule is O=C(O)C=C1CCC(CC(=O)O)=N1. The third-order valence-corrected chi connectivity index (χ3v) is 1.62. The second kappa shape index (κ2) is 3.84. The topological polar surface area (TPSA) is 87.0 Å². The molecule has 0 amide bonds. The van der Waals surface area contributed by atoms with Crippen molar-refractivity contribution in [2.75, 3.05) is 0 Å². The summed E-state index contributed by atoms with van der Waals surface area (Å²) in [6.07, 6.45) is 1.98. The van der Waals surface area contributed by atoms with Gasteiger partial charge in [-0.15, -0.1) is 0 Å².